The Morgan fingerprint density at radius 2 is 1.80 bits per heavy atom. The van der Waals surface area contributed by atoms with Crippen molar-refractivity contribution in [2.75, 3.05) is 13.1 Å². The van der Waals surface area contributed by atoms with Crippen LogP contribution in [0.4, 0.5) is 0 Å². The van der Waals surface area contributed by atoms with Crippen LogP contribution in [0.25, 0.3) is 0 Å². The minimum atomic E-state index is 0.315. The summed E-state index contributed by atoms with van der Waals surface area (Å²) in [4.78, 5) is 0. The molecule has 3 rings (SSSR count). The highest BCUT2D eigenvalue weighted by Crippen LogP contribution is 2.49. The normalized spacial score (nSPS) is 20.4. The van der Waals surface area contributed by atoms with Crippen LogP contribution in [-0.2, 0) is 0 Å². The lowest BCUT2D eigenvalue weighted by molar-refractivity contribution is 0.357. The molecule has 0 bridgehead atoms. The van der Waals surface area contributed by atoms with Gasteiger partial charge in [0, 0.05) is 12.6 Å². The fourth-order valence-electron chi connectivity index (χ4n) is 3.50. The van der Waals surface area contributed by atoms with Crippen molar-refractivity contribution in [3.05, 3.63) is 34.9 Å². The van der Waals surface area contributed by atoms with Crippen molar-refractivity contribution in [3.63, 3.8) is 0 Å². The topological polar surface area (TPSA) is 38.0 Å². The van der Waals surface area contributed by atoms with Crippen LogP contribution >= 0.6 is 0 Å². The molecule has 2 fully saturated rings. The average Bonchev–Trinajstić information content (AvgIpc) is 3.30. The van der Waals surface area contributed by atoms with Gasteiger partial charge in [0.1, 0.15) is 0 Å². The molecule has 110 valence electrons. The number of hydrogen-bond donors (Lipinski definition) is 2. The largest absolute Gasteiger partial charge is 0.329 e. The quantitative estimate of drug-likeness (QED) is 0.799. The van der Waals surface area contributed by atoms with Gasteiger partial charge in [-0.15, -0.1) is 0 Å². The molecule has 0 amide bonds. The summed E-state index contributed by atoms with van der Waals surface area (Å²) in [5.41, 5.74) is 10.1. The van der Waals surface area contributed by atoms with Gasteiger partial charge in [-0.25, -0.2) is 0 Å². The molecular formula is C18H28N2. The van der Waals surface area contributed by atoms with E-state index in [1.807, 2.05) is 0 Å². The van der Waals surface area contributed by atoms with Crippen molar-refractivity contribution < 1.29 is 0 Å². The first kappa shape index (κ1) is 14.1. The first-order valence-electron chi connectivity index (χ1n) is 8.19. The van der Waals surface area contributed by atoms with Gasteiger partial charge >= 0.3 is 0 Å². The molecule has 20 heavy (non-hydrogen) atoms. The van der Waals surface area contributed by atoms with Crippen molar-refractivity contribution in [2.45, 2.75) is 45.6 Å². The number of nitrogens with one attached hydrogen (secondary N) is 1. The van der Waals surface area contributed by atoms with Gasteiger partial charge < -0.3 is 11.1 Å². The van der Waals surface area contributed by atoms with Crippen LogP contribution in [-0.4, -0.2) is 13.1 Å². The zero-order valence-electron chi connectivity index (χ0n) is 12.9. The van der Waals surface area contributed by atoms with E-state index in [9.17, 15) is 0 Å². The maximum atomic E-state index is 6.03. The van der Waals surface area contributed by atoms with Crippen LogP contribution in [0.15, 0.2) is 18.2 Å². The molecular weight excluding hydrogens is 244 g/mol. The molecule has 2 nitrogen and oxygen atoms in total. The Balaban J connectivity index is 1.65. The van der Waals surface area contributed by atoms with E-state index in [1.165, 1.54) is 42.4 Å². The van der Waals surface area contributed by atoms with Crippen LogP contribution in [0.1, 0.15) is 48.4 Å². The van der Waals surface area contributed by atoms with Crippen molar-refractivity contribution in [3.8, 4) is 0 Å². The molecule has 1 atom stereocenters. The van der Waals surface area contributed by atoms with Gasteiger partial charge in [0.25, 0.3) is 0 Å². The summed E-state index contributed by atoms with van der Waals surface area (Å²) < 4.78 is 0. The van der Waals surface area contributed by atoms with E-state index < -0.39 is 0 Å². The van der Waals surface area contributed by atoms with Crippen LogP contribution in [0.3, 0.4) is 0 Å². The highest BCUT2D eigenvalue weighted by molar-refractivity contribution is 5.33. The summed E-state index contributed by atoms with van der Waals surface area (Å²) in [7, 11) is 0. The van der Waals surface area contributed by atoms with E-state index in [0.29, 0.717) is 12.6 Å². The fourth-order valence-corrected chi connectivity index (χ4v) is 3.50. The lowest BCUT2D eigenvalue weighted by Gasteiger charge is -2.24. The molecule has 1 unspecified atom stereocenters. The molecule has 0 heterocycles. The van der Waals surface area contributed by atoms with E-state index in [-0.39, 0.29) is 0 Å². The molecule has 0 saturated heterocycles. The summed E-state index contributed by atoms with van der Waals surface area (Å²) in [5.74, 6) is 2.92. The van der Waals surface area contributed by atoms with Gasteiger partial charge in [-0.2, -0.15) is 0 Å². The molecule has 0 radical (unpaired) electrons. The Hall–Kier alpha value is -0.860. The van der Waals surface area contributed by atoms with Gasteiger partial charge in [0.2, 0.25) is 0 Å². The third kappa shape index (κ3) is 3.24. The molecule has 0 aliphatic heterocycles. The number of nitrogens with two attached hydrogens (primary N) is 1. The van der Waals surface area contributed by atoms with Crippen molar-refractivity contribution >= 4 is 0 Å². The first-order valence-corrected chi connectivity index (χ1v) is 8.19. The average molecular weight is 272 g/mol. The Kier molecular flexibility index (Phi) is 4.13. The summed E-state index contributed by atoms with van der Waals surface area (Å²) in [6.45, 7) is 6.20. The third-order valence-corrected chi connectivity index (χ3v) is 5.10. The molecule has 3 N–H and O–H groups in total. The summed E-state index contributed by atoms with van der Waals surface area (Å²) >= 11 is 0. The van der Waals surface area contributed by atoms with Gasteiger partial charge in [-0.05, 0) is 75.0 Å². The summed E-state index contributed by atoms with van der Waals surface area (Å²) in [6.07, 6.45) is 5.83. The van der Waals surface area contributed by atoms with Gasteiger partial charge in [0.15, 0.2) is 0 Å². The summed E-state index contributed by atoms with van der Waals surface area (Å²) in [5, 5.41) is 3.77. The molecule has 1 aromatic rings. The minimum Gasteiger partial charge on any atom is -0.329 e. The van der Waals surface area contributed by atoms with Crippen LogP contribution in [0.2, 0.25) is 0 Å². The van der Waals surface area contributed by atoms with E-state index in [0.717, 1.165) is 24.3 Å². The second-order valence-corrected chi connectivity index (χ2v) is 6.90. The van der Waals surface area contributed by atoms with E-state index in [4.69, 9.17) is 5.73 Å². The molecule has 2 saturated carbocycles. The number of rotatable bonds is 7. The predicted octanol–water partition coefficient (Wildman–Crippen LogP) is 3.33. The molecule has 0 spiro atoms. The van der Waals surface area contributed by atoms with E-state index in [2.05, 4.69) is 37.4 Å². The Labute approximate surface area is 123 Å². The van der Waals surface area contributed by atoms with Gasteiger partial charge in [-0.1, -0.05) is 23.8 Å². The highest BCUT2D eigenvalue weighted by atomic mass is 14.9. The lowest BCUT2D eigenvalue weighted by Crippen LogP contribution is -2.34. The van der Waals surface area contributed by atoms with Crippen LogP contribution < -0.4 is 11.1 Å². The minimum absolute atomic E-state index is 0.315. The highest BCUT2D eigenvalue weighted by Gasteiger charge is 2.41. The predicted molar refractivity (Wildman–Crippen MR) is 84.7 cm³/mol. The molecule has 0 aromatic heterocycles. The summed E-state index contributed by atoms with van der Waals surface area (Å²) in [6, 6.07) is 7.01. The second-order valence-electron chi connectivity index (χ2n) is 6.90. The van der Waals surface area contributed by atoms with Crippen LogP contribution in [0, 0.1) is 31.6 Å². The standard InChI is InChI=1S/C18H28N2/c1-12-3-4-13(2)16(9-12)18(10-19)20-11-17(14-5-6-14)15-7-8-15/h3-4,9,14-15,17-18,20H,5-8,10-11,19H2,1-2H3. The maximum absolute atomic E-state index is 6.03. The molecule has 1 aromatic carbocycles. The van der Waals surface area contributed by atoms with E-state index >= 15 is 0 Å². The Morgan fingerprint density at radius 3 is 2.35 bits per heavy atom. The SMILES string of the molecule is Cc1ccc(C)c(C(CN)NCC(C2CC2)C2CC2)c1. The Bertz CT molecular complexity index is 448. The maximum Gasteiger partial charge on any atom is 0.0447 e. The lowest BCUT2D eigenvalue weighted by atomic mass is 9.95. The van der Waals surface area contributed by atoms with Crippen LogP contribution in [0.5, 0.6) is 0 Å². The molecule has 2 aliphatic rings. The second kappa shape index (κ2) is 5.87. The van der Waals surface area contributed by atoms with Gasteiger partial charge in [0.05, 0.1) is 0 Å². The third-order valence-electron chi connectivity index (χ3n) is 5.10. The zero-order valence-corrected chi connectivity index (χ0v) is 12.9. The van der Waals surface area contributed by atoms with Crippen molar-refractivity contribution in [1.82, 2.24) is 5.32 Å². The molecule has 2 aliphatic carbocycles. The van der Waals surface area contributed by atoms with E-state index in [1.54, 1.807) is 0 Å². The number of benzene rings is 1. The van der Waals surface area contributed by atoms with Gasteiger partial charge in [-0.3, -0.25) is 0 Å². The molecule has 2 heteroatoms. The first-order chi connectivity index (χ1) is 9.69. The zero-order chi connectivity index (χ0) is 14.1. The smallest absolute Gasteiger partial charge is 0.0447 e. The Morgan fingerprint density at radius 1 is 1.15 bits per heavy atom. The van der Waals surface area contributed by atoms with Crippen molar-refractivity contribution in [1.29, 1.82) is 0 Å². The number of aryl methyl sites for hydroxylation is 2. The monoisotopic (exact) mass is 272 g/mol. The number of hydrogen-bond acceptors (Lipinski definition) is 2. The fraction of sp³-hybridized carbons (Fsp3) is 0.667. The van der Waals surface area contributed by atoms with Crippen molar-refractivity contribution in [2.24, 2.45) is 23.5 Å².